The fraction of sp³-hybridized carbons (Fsp3) is 0.488. The van der Waals surface area contributed by atoms with Crippen molar-refractivity contribution < 1.29 is 37.1 Å². The summed E-state index contributed by atoms with van der Waals surface area (Å²) in [6.07, 6.45) is 6.93. The summed E-state index contributed by atoms with van der Waals surface area (Å²) in [5, 5.41) is 10.9. The summed E-state index contributed by atoms with van der Waals surface area (Å²) < 4.78 is 47.0. The zero-order chi connectivity index (χ0) is 42.6. The zero-order valence-electron chi connectivity index (χ0n) is 33.8. The van der Waals surface area contributed by atoms with Crippen LogP contribution in [0.5, 0.6) is 5.75 Å². The van der Waals surface area contributed by atoms with Gasteiger partial charge in [0.1, 0.15) is 17.1 Å². The van der Waals surface area contributed by atoms with E-state index < -0.39 is 23.8 Å². The average Bonchev–Trinajstić information content (AvgIpc) is 3.65. The van der Waals surface area contributed by atoms with E-state index in [1.165, 1.54) is 18.1 Å². The van der Waals surface area contributed by atoms with Crippen molar-refractivity contribution in [2.24, 2.45) is 11.8 Å². The lowest BCUT2D eigenvalue weighted by Gasteiger charge is -2.33. The molecular formula is C43H50ClF3N8O5. The second kappa shape index (κ2) is 18.6. The van der Waals surface area contributed by atoms with Crippen LogP contribution in [0, 0.1) is 11.8 Å². The number of fused-ring (bicyclic) bond motifs is 1. The van der Waals surface area contributed by atoms with Crippen LogP contribution in [0.25, 0.3) is 10.9 Å². The first-order valence-corrected chi connectivity index (χ1v) is 20.9. The van der Waals surface area contributed by atoms with Crippen LogP contribution in [0.3, 0.4) is 0 Å². The first-order valence-electron chi connectivity index (χ1n) is 20.6. The molecule has 60 heavy (non-hydrogen) atoms. The van der Waals surface area contributed by atoms with Crippen molar-refractivity contribution in [3.8, 4) is 5.75 Å². The van der Waals surface area contributed by atoms with E-state index >= 15 is 0 Å². The number of nitrogens with one attached hydrogen (secondary N) is 2. The van der Waals surface area contributed by atoms with Crippen LogP contribution >= 0.6 is 11.6 Å². The van der Waals surface area contributed by atoms with Gasteiger partial charge in [-0.25, -0.2) is 9.78 Å². The van der Waals surface area contributed by atoms with Crippen LogP contribution in [-0.4, -0.2) is 95.2 Å². The van der Waals surface area contributed by atoms with Crippen LogP contribution < -0.4 is 20.3 Å². The van der Waals surface area contributed by atoms with Gasteiger partial charge in [0.2, 0.25) is 5.91 Å². The van der Waals surface area contributed by atoms with Gasteiger partial charge in [-0.05, 0) is 107 Å². The molecule has 0 atom stereocenters. The molecule has 2 aliphatic heterocycles. The number of pyridine rings is 1. The van der Waals surface area contributed by atoms with Gasteiger partial charge >= 0.3 is 12.2 Å². The predicted octanol–water partition coefficient (Wildman–Crippen LogP) is 8.20. The minimum absolute atomic E-state index is 0.0782. The molecule has 5 amide bonds. The monoisotopic (exact) mass is 850 g/mol. The molecule has 4 heterocycles. The molecule has 1 aliphatic carbocycles. The Balaban J connectivity index is 0.818. The van der Waals surface area contributed by atoms with E-state index in [0.29, 0.717) is 58.2 Å². The second-order valence-corrected chi connectivity index (χ2v) is 16.6. The number of ether oxygens (including phenoxy) is 1. The summed E-state index contributed by atoms with van der Waals surface area (Å²) in [4.78, 5) is 59.5. The highest BCUT2D eigenvalue weighted by Gasteiger charge is 2.33. The van der Waals surface area contributed by atoms with Gasteiger partial charge in [0.25, 0.3) is 11.8 Å². The third kappa shape index (κ3) is 10.2. The number of unbranched alkanes of at least 4 members (excludes halogenated alkanes) is 1. The van der Waals surface area contributed by atoms with Gasteiger partial charge in [0, 0.05) is 55.8 Å². The van der Waals surface area contributed by atoms with Crippen LogP contribution in [0.1, 0.15) is 96.8 Å². The predicted molar refractivity (Wildman–Crippen MR) is 221 cm³/mol. The molecule has 320 valence electrons. The molecule has 0 radical (unpaired) electrons. The number of carbonyl (C=O) groups is 4. The maximum Gasteiger partial charge on any atom is 0.433 e. The highest BCUT2D eigenvalue weighted by molar-refractivity contribution is 6.34. The van der Waals surface area contributed by atoms with E-state index in [1.807, 2.05) is 15.8 Å². The Morgan fingerprint density at radius 2 is 1.75 bits per heavy atom. The van der Waals surface area contributed by atoms with E-state index in [4.69, 9.17) is 21.4 Å². The highest BCUT2D eigenvalue weighted by atomic mass is 35.5. The Labute approximate surface area is 351 Å². The minimum Gasteiger partial charge on any atom is -0.494 e. The van der Waals surface area contributed by atoms with Crippen molar-refractivity contribution in [2.45, 2.75) is 76.4 Å². The SMILES string of the molecule is COc1cc2nn(C3CCC(CN(C)CCCCC4CCN(C(=O)c5ccc(Cl)c(N6CCC(=O)NC6=O)c5)CC4)CC3)cc2cc1NC(=O)c1cccc(C(F)(F)F)n1. The van der Waals surface area contributed by atoms with E-state index in [1.54, 1.807) is 30.3 Å². The van der Waals surface area contributed by atoms with E-state index in [9.17, 15) is 32.3 Å². The zero-order valence-corrected chi connectivity index (χ0v) is 34.5. The highest BCUT2D eigenvalue weighted by Crippen LogP contribution is 2.36. The molecule has 2 saturated heterocycles. The number of rotatable bonds is 13. The number of carbonyl (C=O) groups excluding carboxylic acids is 4. The van der Waals surface area contributed by atoms with Gasteiger partial charge < -0.3 is 19.9 Å². The molecule has 13 nitrogen and oxygen atoms in total. The number of halogens is 4. The number of hydrogen-bond acceptors (Lipinski definition) is 8. The van der Waals surface area contributed by atoms with Crippen LogP contribution in [0.2, 0.25) is 5.02 Å². The van der Waals surface area contributed by atoms with E-state index in [2.05, 4.69) is 27.6 Å². The largest absolute Gasteiger partial charge is 0.494 e. The lowest BCUT2D eigenvalue weighted by molar-refractivity contribution is -0.141. The number of anilines is 2. The lowest BCUT2D eigenvalue weighted by Crippen LogP contribution is -2.49. The number of hydrogen-bond donors (Lipinski definition) is 2. The fourth-order valence-corrected chi connectivity index (χ4v) is 8.84. The van der Waals surface area contributed by atoms with Gasteiger partial charge in [-0.1, -0.05) is 30.5 Å². The van der Waals surface area contributed by atoms with Crippen molar-refractivity contribution in [3.05, 3.63) is 76.7 Å². The summed E-state index contributed by atoms with van der Waals surface area (Å²) in [5.41, 5.74) is 0.421. The van der Waals surface area contributed by atoms with Gasteiger partial charge in [-0.15, -0.1) is 0 Å². The Morgan fingerprint density at radius 1 is 0.983 bits per heavy atom. The summed E-state index contributed by atoms with van der Waals surface area (Å²) in [6.45, 7) is 3.67. The average molecular weight is 851 g/mol. The van der Waals surface area contributed by atoms with Gasteiger partial charge in [-0.3, -0.25) is 29.3 Å². The van der Waals surface area contributed by atoms with Gasteiger partial charge in [0.05, 0.1) is 35.1 Å². The molecule has 7 rings (SSSR count). The quantitative estimate of drug-likeness (QED) is 0.128. The topological polar surface area (TPSA) is 142 Å². The first-order chi connectivity index (χ1) is 28.7. The normalized spacial score (nSPS) is 19.2. The molecule has 2 aromatic carbocycles. The molecule has 0 spiro atoms. The summed E-state index contributed by atoms with van der Waals surface area (Å²) in [6, 6.07) is 11.3. The number of alkyl halides is 3. The maximum atomic E-state index is 13.4. The third-order valence-electron chi connectivity index (χ3n) is 12.0. The minimum atomic E-state index is -4.67. The van der Waals surface area contributed by atoms with Crippen molar-refractivity contribution in [1.82, 2.24) is 29.9 Å². The Kier molecular flexibility index (Phi) is 13.3. The van der Waals surface area contributed by atoms with E-state index in [0.717, 1.165) is 88.4 Å². The standard InChI is InChI=1S/C43H50ClF3N8O5/c1-52(18-4-3-6-27-15-19-53(20-16-27)41(58)29-11-14-32(44)36(23-29)54-21-17-39(56)50-42(54)59)25-28-9-12-31(13-10-28)55-26-30-22-35(37(60-2)24-34(30)51-55)49-40(57)33-7-5-8-38(48-33)43(45,46)47/h5,7-8,11,14,22-24,26-28,31H,3-4,6,9-10,12-13,15-21,25H2,1-2H3,(H,49,57)(H,50,56,59). The number of methoxy groups -OCH3 is 1. The number of benzene rings is 2. The lowest BCUT2D eigenvalue weighted by atomic mass is 9.85. The Morgan fingerprint density at radius 3 is 2.47 bits per heavy atom. The van der Waals surface area contributed by atoms with Crippen molar-refractivity contribution in [2.75, 3.05) is 57.1 Å². The maximum absolute atomic E-state index is 13.4. The number of likely N-dealkylation sites (tertiary alicyclic amines) is 1. The smallest absolute Gasteiger partial charge is 0.433 e. The number of urea groups is 1. The number of amides is 5. The number of piperidine rings is 1. The molecule has 2 aromatic heterocycles. The van der Waals surface area contributed by atoms with Gasteiger partial charge in [-0.2, -0.15) is 18.3 Å². The van der Waals surface area contributed by atoms with Crippen molar-refractivity contribution in [1.29, 1.82) is 0 Å². The summed E-state index contributed by atoms with van der Waals surface area (Å²) in [7, 11) is 3.65. The van der Waals surface area contributed by atoms with Crippen LogP contribution in [0.4, 0.5) is 29.3 Å². The molecule has 1 saturated carbocycles. The molecule has 4 aromatic rings. The molecule has 3 fully saturated rings. The second-order valence-electron chi connectivity index (χ2n) is 16.2. The molecular weight excluding hydrogens is 801 g/mol. The Hall–Kier alpha value is -5.22. The summed E-state index contributed by atoms with van der Waals surface area (Å²) in [5.74, 6) is 0.338. The first kappa shape index (κ1) is 42.9. The van der Waals surface area contributed by atoms with E-state index in [-0.39, 0.29) is 36.5 Å². The molecule has 0 unspecified atom stereocenters. The molecule has 17 heteroatoms. The van der Waals surface area contributed by atoms with Crippen LogP contribution in [0.15, 0.2) is 54.7 Å². The summed E-state index contributed by atoms with van der Waals surface area (Å²) >= 11 is 6.38. The molecule has 0 bridgehead atoms. The fourth-order valence-electron chi connectivity index (χ4n) is 8.62. The number of imide groups is 1. The number of nitrogens with zero attached hydrogens (tertiary/aromatic N) is 6. The third-order valence-corrected chi connectivity index (χ3v) is 12.3. The van der Waals surface area contributed by atoms with Gasteiger partial charge in [0.15, 0.2) is 0 Å². The van der Waals surface area contributed by atoms with Crippen molar-refractivity contribution in [3.63, 3.8) is 0 Å². The van der Waals surface area contributed by atoms with Crippen molar-refractivity contribution >= 4 is 57.6 Å². The molecule has 2 N–H and O–H groups in total. The number of aromatic nitrogens is 3. The van der Waals surface area contributed by atoms with Crippen LogP contribution in [-0.2, 0) is 11.0 Å². The Bertz CT molecular complexity index is 2220. The molecule has 3 aliphatic rings.